The van der Waals surface area contributed by atoms with Gasteiger partial charge in [0.1, 0.15) is 0 Å². The molecule has 3 N–H and O–H groups in total. The third-order valence-electron chi connectivity index (χ3n) is 3.08. The van der Waals surface area contributed by atoms with E-state index in [4.69, 9.17) is 15.2 Å². The fourth-order valence-electron chi connectivity index (χ4n) is 2.06. The van der Waals surface area contributed by atoms with Crippen molar-refractivity contribution in [3.05, 3.63) is 34.1 Å². The Morgan fingerprint density at radius 3 is 2.47 bits per heavy atom. The number of nitrogens with one attached hydrogen (secondary N) is 1. The minimum absolute atomic E-state index is 0.0758. The van der Waals surface area contributed by atoms with Crippen LogP contribution in [0.15, 0.2) is 23.0 Å². The first kappa shape index (κ1) is 13.4. The molecule has 0 spiro atoms. The molecule has 0 unspecified atom stereocenters. The number of ether oxygens (including phenoxy) is 2. The Morgan fingerprint density at radius 1 is 1.16 bits per heavy atom. The molecule has 0 atom stereocenters. The van der Waals surface area contributed by atoms with E-state index < -0.39 is 0 Å². The third kappa shape index (κ3) is 2.71. The number of aromatic amines is 1. The number of nitrogens with two attached hydrogens (primary N) is 1. The molecule has 1 aromatic heterocycles. The molecule has 102 valence electrons. The van der Waals surface area contributed by atoms with Crippen LogP contribution in [0.5, 0.6) is 11.5 Å². The van der Waals surface area contributed by atoms with Crippen molar-refractivity contribution >= 4 is 10.9 Å². The van der Waals surface area contributed by atoms with Gasteiger partial charge in [0.15, 0.2) is 11.5 Å². The van der Waals surface area contributed by atoms with E-state index in [1.807, 2.05) is 12.1 Å². The molecule has 0 saturated carbocycles. The van der Waals surface area contributed by atoms with Crippen LogP contribution in [0.1, 0.15) is 12.0 Å². The van der Waals surface area contributed by atoms with Gasteiger partial charge in [0.25, 0.3) is 5.56 Å². The summed E-state index contributed by atoms with van der Waals surface area (Å²) in [6, 6.07) is 5.50. The lowest BCUT2D eigenvalue weighted by Crippen LogP contribution is -2.14. The largest absolute Gasteiger partial charge is 0.493 e. The topological polar surface area (TPSA) is 77.3 Å². The molecule has 0 aliphatic heterocycles. The van der Waals surface area contributed by atoms with Crippen LogP contribution in [-0.2, 0) is 6.42 Å². The third-order valence-corrected chi connectivity index (χ3v) is 3.08. The molecule has 0 bridgehead atoms. The summed E-state index contributed by atoms with van der Waals surface area (Å²) in [7, 11) is 3.15. The Labute approximate surface area is 111 Å². The standard InChI is InChI=1S/C14H18N2O3/c1-18-12-7-10-6-9(4-3-5-15)14(17)16-11(10)8-13(12)19-2/h6-8H,3-5,15H2,1-2H3,(H,16,17). The van der Waals surface area contributed by atoms with Gasteiger partial charge in [-0.3, -0.25) is 4.79 Å². The summed E-state index contributed by atoms with van der Waals surface area (Å²) >= 11 is 0. The quantitative estimate of drug-likeness (QED) is 0.854. The Bertz CT molecular complexity index is 634. The highest BCUT2D eigenvalue weighted by Gasteiger charge is 2.08. The number of methoxy groups -OCH3 is 2. The molecule has 0 fully saturated rings. The second kappa shape index (κ2) is 5.75. The van der Waals surface area contributed by atoms with E-state index in [-0.39, 0.29) is 5.56 Å². The maximum absolute atomic E-state index is 11.9. The van der Waals surface area contributed by atoms with Gasteiger partial charge in [0, 0.05) is 17.0 Å². The molecule has 2 rings (SSSR count). The zero-order valence-corrected chi connectivity index (χ0v) is 11.2. The van der Waals surface area contributed by atoms with Crippen LogP contribution >= 0.6 is 0 Å². The van der Waals surface area contributed by atoms with Crippen molar-refractivity contribution in [3.8, 4) is 11.5 Å². The van der Waals surface area contributed by atoms with Crippen LogP contribution in [0.4, 0.5) is 0 Å². The summed E-state index contributed by atoms with van der Waals surface area (Å²) in [5.74, 6) is 1.24. The van der Waals surface area contributed by atoms with Crippen LogP contribution in [0.2, 0.25) is 0 Å². The highest BCUT2D eigenvalue weighted by Crippen LogP contribution is 2.31. The number of hydrogen-bond acceptors (Lipinski definition) is 4. The van der Waals surface area contributed by atoms with Gasteiger partial charge in [0.2, 0.25) is 0 Å². The molecule has 19 heavy (non-hydrogen) atoms. The summed E-state index contributed by atoms with van der Waals surface area (Å²) < 4.78 is 10.5. The molecule has 0 amide bonds. The second-order valence-corrected chi connectivity index (χ2v) is 4.31. The molecule has 0 radical (unpaired) electrons. The van der Waals surface area contributed by atoms with Gasteiger partial charge >= 0.3 is 0 Å². The van der Waals surface area contributed by atoms with Crippen LogP contribution < -0.4 is 20.8 Å². The highest BCUT2D eigenvalue weighted by molar-refractivity contribution is 5.83. The molecule has 1 heterocycles. The normalized spacial score (nSPS) is 10.7. The van der Waals surface area contributed by atoms with Gasteiger partial charge in [-0.15, -0.1) is 0 Å². The summed E-state index contributed by atoms with van der Waals surface area (Å²) in [5.41, 5.74) is 6.87. The molecule has 0 saturated heterocycles. The number of H-pyrrole nitrogens is 1. The van der Waals surface area contributed by atoms with E-state index in [9.17, 15) is 4.79 Å². The minimum atomic E-state index is -0.0758. The number of rotatable bonds is 5. The molecule has 0 aliphatic rings. The van der Waals surface area contributed by atoms with Gasteiger partial charge in [-0.25, -0.2) is 0 Å². The monoisotopic (exact) mass is 262 g/mol. The zero-order chi connectivity index (χ0) is 13.8. The van der Waals surface area contributed by atoms with Crippen molar-refractivity contribution in [1.29, 1.82) is 0 Å². The minimum Gasteiger partial charge on any atom is -0.493 e. The van der Waals surface area contributed by atoms with Crippen molar-refractivity contribution < 1.29 is 9.47 Å². The Hall–Kier alpha value is -2.01. The maximum atomic E-state index is 11.9. The lowest BCUT2D eigenvalue weighted by Gasteiger charge is -2.10. The summed E-state index contributed by atoms with van der Waals surface area (Å²) in [6.07, 6.45) is 1.47. The van der Waals surface area contributed by atoms with E-state index in [1.54, 1.807) is 20.3 Å². The van der Waals surface area contributed by atoms with Gasteiger partial charge in [-0.1, -0.05) is 0 Å². The molecule has 2 aromatic rings. The van der Waals surface area contributed by atoms with E-state index in [0.717, 1.165) is 22.9 Å². The average molecular weight is 262 g/mol. The number of aryl methyl sites for hydroxylation is 1. The Morgan fingerprint density at radius 2 is 1.84 bits per heavy atom. The Kier molecular flexibility index (Phi) is 4.06. The van der Waals surface area contributed by atoms with E-state index in [0.29, 0.717) is 24.5 Å². The highest BCUT2D eigenvalue weighted by atomic mass is 16.5. The molecule has 5 heteroatoms. The van der Waals surface area contributed by atoms with Crippen molar-refractivity contribution in [3.63, 3.8) is 0 Å². The van der Waals surface area contributed by atoms with Gasteiger partial charge in [-0.2, -0.15) is 0 Å². The number of fused-ring (bicyclic) bond motifs is 1. The number of benzene rings is 1. The van der Waals surface area contributed by atoms with Crippen LogP contribution in [0.3, 0.4) is 0 Å². The van der Waals surface area contributed by atoms with Crippen molar-refractivity contribution in [2.24, 2.45) is 5.73 Å². The van der Waals surface area contributed by atoms with Crippen LogP contribution in [0.25, 0.3) is 10.9 Å². The van der Waals surface area contributed by atoms with Gasteiger partial charge in [-0.05, 0) is 31.5 Å². The fourth-order valence-corrected chi connectivity index (χ4v) is 2.06. The fraction of sp³-hybridized carbons (Fsp3) is 0.357. The zero-order valence-electron chi connectivity index (χ0n) is 11.2. The number of aromatic nitrogens is 1. The van der Waals surface area contributed by atoms with Crippen LogP contribution in [0, 0.1) is 0 Å². The first-order chi connectivity index (χ1) is 9.19. The van der Waals surface area contributed by atoms with Gasteiger partial charge in [0.05, 0.1) is 19.7 Å². The molecule has 1 aromatic carbocycles. The average Bonchev–Trinajstić information content (AvgIpc) is 2.43. The lowest BCUT2D eigenvalue weighted by atomic mass is 10.1. The number of hydrogen-bond donors (Lipinski definition) is 2. The smallest absolute Gasteiger partial charge is 0.251 e. The van der Waals surface area contributed by atoms with Gasteiger partial charge < -0.3 is 20.2 Å². The van der Waals surface area contributed by atoms with E-state index in [1.165, 1.54) is 0 Å². The van der Waals surface area contributed by atoms with E-state index >= 15 is 0 Å². The number of pyridine rings is 1. The van der Waals surface area contributed by atoms with Crippen molar-refractivity contribution in [1.82, 2.24) is 4.98 Å². The maximum Gasteiger partial charge on any atom is 0.251 e. The Balaban J connectivity index is 2.55. The summed E-state index contributed by atoms with van der Waals surface area (Å²) in [4.78, 5) is 14.8. The SMILES string of the molecule is COc1cc2cc(CCCN)c(=O)[nH]c2cc1OC. The lowest BCUT2D eigenvalue weighted by molar-refractivity contribution is 0.356. The van der Waals surface area contributed by atoms with Crippen molar-refractivity contribution in [2.75, 3.05) is 20.8 Å². The van der Waals surface area contributed by atoms with Crippen molar-refractivity contribution in [2.45, 2.75) is 12.8 Å². The predicted molar refractivity (Wildman–Crippen MR) is 75.0 cm³/mol. The molecular formula is C14H18N2O3. The van der Waals surface area contributed by atoms with Crippen LogP contribution in [-0.4, -0.2) is 25.7 Å². The molecule has 5 nitrogen and oxygen atoms in total. The molecular weight excluding hydrogens is 244 g/mol. The molecule has 0 aliphatic carbocycles. The predicted octanol–water partition coefficient (Wildman–Crippen LogP) is 1.44. The first-order valence-electron chi connectivity index (χ1n) is 6.17. The summed E-state index contributed by atoms with van der Waals surface area (Å²) in [5, 5.41) is 0.921. The summed E-state index contributed by atoms with van der Waals surface area (Å²) in [6.45, 7) is 0.573. The first-order valence-corrected chi connectivity index (χ1v) is 6.17. The second-order valence-electron chi connectivity index (χ2n) is 4.31. The van der Waals surface area contributed by atoms with E-state index in [2.05, 4.69) is 4.98 Å².